The Labute approximate surface area is 167 Å². The Morgan fingerprint density at radius 2 is 2.00 bits per heavy atom. The molecule has 2 aromatic rings. The lowest BCUT2D eigenvalue weighted by Crippen LogP contribution is -2.43. The molecule has 26 heavy (non-hydrogen) atoms. The van der Waals surface area contributed by atoms with Crippen molar-refractivity contribution in [3.05, 3.63) is 54.1 Å². The molecule has 0 radical (unpaired) electrons. The molecule has 1 aromatic carbocycles. The van der Waals surface area contributed by atoms with Gasteiger partial charge >= 0.3 is 0 Å². The zero-order valence-corrected chi connectivity index (χ0v) is 16.9. The number of halogens is 2. The van der Waals surface area contributed by atoms with Crippen molar-refractivity contribution < 1.29 is 4.79 Å². The van der Waals surface area contributed by atoms with Crippen molar-refractivity contribution in [2.45, 2.75) is 45.3 Å². The molecule has 7 heteroatoms. The van der Waals surface area contributed by atoms with Gasteiger partial charge in [-0.3, -0.25) is 4.79 Å². The van der Waals surface area contributed by atoms with Crippen molar-refractivity contribution in [1.82, 2.24) is 14.5 Å². The van der Waals surface area contributed by atoms with Gasteiger partial charge in [0.2, 0.25) is 5.91 Å². The van der Waals surface area contributed by atoms with Crippen LogP contribution in [-0.2, 0) is 11.3 Å². The smallest absolute Gasteiger partial charge is 0.227 e. The number of amides is 1. The SMILES string of the molecule is Cc1nccn1CC1CCCN1C(=O)C(C)C(N)c1ccccc1.Cl.Cl. The number of likely N-dealkylation sites (tertiary alicyclic amines) is 1. The molecule has 3 atom stereocenters. The average Bonchev–Trinajstić information content (AvgIpc) is 3.23. The predicted octanol–water partition coefficient (Wildman–Crippen LogP) is 3.36. The molecule has 0 bridgehead atoms. The van der Waals surface area contributed by atoms with E-state index in [-0.39, 0.29) is 48.7 Å². The molecule has 1 fully saturated rings. The van der Waals surface area contributed by atoms with Crippen molar-refractivity contribution in [2.24, 2.45) is 11.7 Å². The Kier molecular flexibility index (Phi) is 8.60. The minimum Gasteiger partial charge on any atom is -0.338 e. The molecular weight excluding hydrogens is 371 g/mol. The summed E-state index contributed by atoms with van der Waals surface area (Å²) in [6, 6.07) is 9.84. The average molecular weight is 399 g/mol. The van der Waals surface area contributed by atoms with E-state index in [4.69, 9.17) is 5.73 Å². The van der Waals surface area contributed by atoms with E-state index in [9.17, 15) is 4.79 Å². The lowest BCUT2D eigenvalue weighted by molar-refractivity contribution is -0.136. The van der Waals surface area contributed by atoms with Gasteiger partial charge < -0.3 is 15.2 Å². The Balaban J connectivity index is 0.00000169. The van der Waals surface area contributed by atoms with Crippen LogP contribution in [0.4, 0.5) is 0 Å². The third kappa shape index (κ3) is 4.78. The highest BCUT2D eigenvalue weighted by molar-refractivity contribution is 5.85. The maximum absolute atomic E-state index is 13.0. The summed E-state index contributed by atoms with van der Waals surface area (Å²) in [7, 11) is 0. The largest absolute Gasteiger partial charge is 0.338 e. The highest BCUT2D eigenvalue weighted by Gasteiger charge is 2.34. The summed E-state index contributed by atoms with van der Waals surface area (Å²) < 4.78 is 2.12. The zero-order valence-electron chi connectivity index (χ0n) is 15.2. The molecule has 1 amide bonds. The van der Waals surface area contributed by atoms with Crippen molar-refractivity contribution in [1.29, 1.82) is 0 Å². The number of imidazole rings is 1. The minimum atomic E-state index is -0.269. The Morgan fingerprint density at radius 3 is 2.62 bits per heavy atom. The molecule has 1 aliphatic rings. The van der Waals surface area contributed by atoms with E-state index < -0.39 is 0 Å². The Hall–Kier alpha value is -1.56. The monoisotopic (exact) mass is 398 g/mol. The highest BCUT2D eigenvalue weighted by atomic mass is 35.5. The van der Waals surface area contributed by atoms with E-state index in [0.717, 1.165) is 37.3 Å². The molecule has 2 heterocycles. The van der Waals surface area contributed by atoms with Crippen molar-refractivity contribution >= 4 is 30.7 Å². The normalized spacial score (nSPS) is 18.6. The van der Waals surface area contributed by atoms with Crippen LogP contribution >= 0.6 is 24.8 Å². The van der Waals surface area contributed by atoms with Crippen LogP contribution in [0.5, 0.6) is 0 Å². The van der Waals surface area contributed by atoms with Crippen molar-refractivity contribution in [2.75, 3.05) is 6.54 Å². The Morgan fingerprint density at radius 1 is 1.31 bits per heavy atom. The second-order valence-electron chi connectivity index (χ2n) is 6.68. The first-order valence-corrected chi connectivity index (χ1v) is 8.66. The summed E-state index contributed by atoms with van der Waals surface area (Å²) in [5.41, 5.74) is 7.36. The number of aryl methyl sites for hydroxylation is 1. The number of carbonyl (C=O) groups excluding carboxylic acids is 1. The highest BCUT2D eigenvalue weighted by Crippen LogP contribution is 2.26. The van der Waals surface area contributed by atoms with Crippen LogP contribution in [0.2, 0.25) is 0 Å². The fourth-order valence-corrected chi connectivity index (χ4v) is 3.52. The third-order valence-electron chi connectivity index (χ3n) is 5.10. The van der Waals surface area contributed by atoms with Gasteiger partial charge in [0, 0.05) is 37.6 Å². The summed E-state index contributed by atoms with van der Waals surface area (Å²) in [5, 5.41) is 0. The number of nitrogens with zero attached hydrogens (tertiary/aromatic N) is 3. The summed E-state index contributed by atoms with van der Waals surface area (Å²) in [4.78, 5) is 19.3. The Bertz CT molecular complexity index is 692. The zero-order chi connectivity index (χ0) is 17.1. The van der Waals surface area contributed by atoms with E-state index in [1.54, 1.807) is 0 Å². The quantitative estimate of drug-likeness (QED) is 0.839. The first-order chi connectivity index (χ1) is 11.6. The second kappa shape index (κ2) is 9.95. The second-order valence-corrected chi connectivity index (χ2v) is 6.68. The lowest BCUT2D eigenvalue weighted by Gasteiger charge is -2.30. The molecule has 2 N–H and O–H groups in total. The van der Waals surface area contributed by atoms with Gasteiger partial charge in [-0.1, -0.05) is 37.3 Å². The van der Waals surface area contributed by atoms with Crippen LogP contribution in [0.15, 0.2) is 42.7 Å². The summed E-state index contributed by atoms with van der Waals surface area (Å²) in [5.74, 6) is 0.923. The van der Waals surface area contributed by atoms with Crippen molar-refractivity contribution in [3.8, 4) is 0 Å². The van der Waals surface area contributed by atoms with Gasteiger partial charge in [0.05, 0.1) is 5.92 Å². The number of benzene rings is 1. The molecule has 3 rings (SSSR count). The first-order valence-electron chi connectivity index (χ1n) is 8.66. The minimum absolute atomic E-state index is 0. The van der Waals surface area contributed by atoms with E-state index in [2.05, 4.69) is 9.55 Å². The number of nitrogens with two attached hydrogens (primary N) is 1. The fraction of sp³-hybridized carbons (Fsp3) is 0.474. The van der Waals surface area contributed by atoms with Gasteiger partial charge in [-0.15, -0.1) is 24.8 Å². The van der Waals surface area contributed by atoms with Crippen LogP contribution in [0.1, 0.15) is 37.2 Å². The predicted molar refractivity (Wildman–Crippen MR) is 109 cm³/mol. The number of aromatic nitrogens is 2. The van der Waals surface area contributed by atoms with Crippen LogP contribution in [0.3, 0.4) is 0 Å². The van der Waals surface area contributed by atoms with E-state index in [0.29, 0.717) is 0 Å². The summed E-state index contributed by atoms with van der Waals surface area (Å²) in [6.07, 6.45) is 5.88. The number of hydrogen-bond acceptors (Lipinski definition) is 3. The summed E-state index contributed by atoms with van der Waals surface area (Å²) >= 11 is 0. The van der Waals surface area contributed by atoms with Gasteiger partial charge in [-0.2, -0.15) is 0 Å². The van der Waals surface area contributed by atoms with Crippen LogP contribution in [-0.4, -0.2) is 32.9 Å². The molecule has 5 nitrogen and oxygen atoms in total. The van der Waals surface area contributed by atoms with Gasteiger partial charge in [0.25, 0.3) is 0 Å². The topological polar surface area (TPSA) is 64.2 Å². The fourth-order valence-electron chi connectivity index (χ4n) is 3.52. The molecule has 3 unspecified atom stereocenters. The molecule has 1 aliphatic heterocycles. The van der Waals surface area contributed by atoms with Gasteiger partial charge in [-0.05, 0) is 25.3 Å². The van der Waals surface area contributed by atoms with Gasteiger partial charge in [-0.25, -0.2) is 4.98 Å². The third-order valence-corrected chi connectivity index (χ3v) is 5.10. The maximum atomic E-state index is 13.0. The molecular formula is C19H28Cl2N4O. The van der Waals surface area contributed by atoms with Gasteiger partial charge in [0.1, 0.15) is 5.82 Å². The van der Waals surface area contributed by atoms with Crippen LogP contribution < -0.4 is 5.73 Å². The van der Waals surface area contributed by atoms with Crippen molar-refractivity contribution in [3.63, 3.8) is 0 Å². The van der Waals surface area contributed by atoms with Gasteiger partial charge in [0.15, 0.2) is 0 Å². The lowest BCUT2D eigenvalue weighted by atomic mass is 9.94. The molecule has 0 saturated carbocycles. The number of rotatable bonds is 5. The molecule has 0 aliphatic carbocycles. The van der Waals surface area contributed by atoms with E-state index in [1.807, 2.05) is 61.5 Å². The van der Waals surface area contributed by atoms with E-state index in [1.165, 1.54) is 0 Å². The first kappa shape index (κ1) is 22.5. The van der Waals surface area contributed by atoms with Crippen LogP contribution in [0, 0.1) is 12.8 Å². The standard InChI is InChI=1S/C19H26N4O.2ClH/c1-14(18(20)16-7-4-3-5-8-16)19(24)23-11-6-9-17(23)13-22-12-10-21-15(22)2;;/h3-5,7-8,10,12,14,17-18H,6,9,11,13,20H2,1-2H3;2*1H. The molecule has 0 spiro atoms. The summed E-state index contributed by atoms with van der Waals surface area (Å²) in [6.45, 7) is 5.57. The molecule has 1 saturated heterocycles. The van der Waals surface area contributed by atoms with E-state index >= 15 is 0 Å². The van der Waals surface area contributed by atoms with Crippen LogP contribution in [0.25, 0.3) is 0 Å². The number of hydrogen-bond donors (Lipinski definition) is 1. The number of carbonyl (C=O) groups is 1. The maximum Gasteiger partial charge on any atom is 0.227 e. The molecule has 144 valence electrons. The molecule has 1 aromatic heterocycles.